The third-order valence-corrected chi connectivity index (χ3v) is 4.61. The van der Waals surface area contributed by atoms with Gasteiger partial charge in [-0.15, -0.1) is 11.8 Å². The molecule has 1 aromatic carbocycles. The maximum atomic E-state index is 4.42. The first kappa shape index (κ1) is 13.7. The SMILES string of the molecule is Cc1nn(C)c(-c2ccc(SC(C)C)cc2)c1Br. The molecule has 2 nitrogen and oxygen atoms in total. The second-order valence-electron chi connectivity index (χ2n) is 4.56. The van der Waals surface area contributed by atoms with Crippen molar-refractivity contribution in [2.24, 2.45) is 7.05 Å². The second-order valence-corrected chi connectivity index (χ2v) is 7.01. The van der Waals surface area contributed by atoms with E-state index in [1.807, 2.05) is 30.4 Å². The second kappa shape index (κ2) is 5.49. The molecule has 0 bridgehead atoms. The highest BCUT2D eigenvalue weighted by molar-refractivity contribution is 9.10. The summed E-state index contributed by atoms with van der Waals surface area (Å²) in [7, 11) is 1.98. The van der Waals surface area contributed by atoms with Gasteiger partial charge in [-0.1, -0.05) is 26.0 Å². The average molecular weight is 325 g/mol. The zero-order chi connectivity index (χ0) is 13.3. The predicted octanol–water partition coefficient (Wildman–Crippen LogP) is 4.66. The van der Waals surface area contributed by atoms with Crippen LogP contribution in [0.25, 0.3) is 11.3 Å². The van der Waals surface area contributed by atoms with Crippen LogP contribution in [0.4, 0.5) is 0 Å². The summed E-state index contributed by atoms with van der Waals surface area (Å²) in [5, 5.41) is 5.03. The van der Waals surface area contributed by atoms with Gasteiger partial charge in [-0.3, -0.25) is 4.68 Å². The van der Waals surface area contributed by atoms with E-state index in [9.17, 15) is 0 Å². The molecule has 1 aromatic heterocycles. The Morgan fingerprint density at radius 2 is 1.83 bits per heavy atom. The van der Waals surface area contributed by atoms with Gasteiger partial charge in [0, 0.05) is 22.8 Å². The number of benzene rings is 1. The Hall–Kier alpha value is -0.740. The Balaban J connectivity index is 2.34. The van der Waals surface area contributed by atoms with Crippen LogP contribution in [0.15, 0.2) is 33.6 Å². The highest BCUT2D eigenvalue weighted by atomic mass is 79.9. The summed E-state index contributed by atoms with van der Waals surface area (Å²) in [6.45, 7) is 6.43. The van der Waals surface area contributed by atoms with Gasteiger partial charge in [0.15, 0.2) is 0 Å². The predicted molar refractivity (Wildman–Crippen MR) is 82.1 cm³/mol. The van der Waals surface area contributed by atoms with Gasteiger partial charge in [0.25, 0.3) is 0 Å². The van der Waals surface area contributed by atoms with Gasteiger partial charge < -0.3 is 0 Å². The number of rotatable bonds is 3. The van der Waals surface area contributed by atoms with E-state index in [0.29, 0.717) is 5.25 Å². The van der Waals surface area contributed by atoms with Crippen LogP contribution in [-0.2, 0) is 7.05 Å². The molecule has 0 amide bonds. The lowest BCUT2D eigenvalue weighted by Crippen LogP contribution is -1.94. The van der Waals surface area contributed by atoms with Gasteiger partial charge in [-0.05, 0) is 35.0 Å². The average Bonchev–Trinajstić information content (AvgIpc) is 2.54. The maximum absolute atomic E-state index is 4.42. The zero-order valence-corrected chi connectivity index (χ0v) is 13.5. The van der Waals surface area contributed by atoms with Crippen molar-refractivity contribution >= 4 is 27.7 Å². The maximum Gasteiger partial charge on any atom is 0.0824 e. The van der Waals surface area contributed by atoms with Crippen molar-refractivity contribution in [3.05, 3.63) is 34.4 Å². The minimum Gasteiger partial charge on any atom is -0.266 e. The van der Waals surface area contributed by atoms with Crippen LogP contribution in [0.2, 0.25) is 0 Å². The first-order valence-corrected chi connectivity index (χ1v) is 7.62. The van der Waals surface area contributed by atoms with E-state index < -0.39 is 0 Å². The van der Waals surface area contributed by atoms with Gasteiger partial charge in [-0.25, -0.2) is 0 Å². The first-order valence-electron chi connectivity index (χ1n) is 5.95. The molecule has 0 N–H and O–H groups in total. The summed E-state index contributed by atoms with van der Waals surface area (Å²) in [6, 6.07) is 8.67. The number of nitrogens with zero attached hydrogens (tertiary/aromatic N) is 2. The van der Waals surface area contributed by atoms with Crippen LogP contribution in [0.1, 0.15) is 19.5 Å². The molecule has 0 radical (unpaired) electrons. The number of aryl methyl sites for hydroxylation is 2. The molecule has 0 saturated heterocycles. The van der Waals surface area contributed by atoms with Crippen LogP contribution in [0, 0.1) is 6.92 Å². The minimum atomic E-state index is 0.613. The molecule has 0 saturated carbocycles. The summed E-state index contributed by atoms with van der Waals surface area (Å²) in [6.07, 6.45) is 0. The molecule has 0 unspecified atom stereocenters. The Kier molecular flexibility index (Phi) is 4.17. The topological polar surface area (TPSA) is 17.8 Å². The van der Waals surface area contributed by atoms with E-state index in [1.54, 1.807) is 0 Å². The molecule has 2 aromatic rings. The van der Waals surface area contributed by atoms with Crippen LogP contribution >= 0.6 is 27.7 Å². The van der Waals surface area contributed by atoms with Gasteiger partial charge in [-0.2, -0.15) is 5.10 Å². The monoisotopic (exact) mass is 324 g/mol. The lowest BCUT2D eigenvalue weighted by atomic mass is 10.1. The molecule has 4 heteroatoms. The molecule has 0 aliphatic carbocycles. The van der Waals surface area contributed by atoms with Crippen LogP contribution < -0.4 is 0 Å². The fraction of sp³-hybridized carbons (Fsp3) is 0.357. The normalized spacial score (nSPS) is 11.2. The van der Waals surface area contributed by atoms with Gasteiger partial charge in [0.2, 0.25) is 0 Å². The van der Waals surface area contributed by atoms with Crippen LogP contribution in [0.5, 0.6) is 0 Å². The van der Waals surface area contributed by atoms with Crippen molar-refractivity contribution in [1.29, 1.82) is 0 Å². The van der Waals surface area contributed by atoms with E-state index in [0.717, 1.165) is 15.9 Å². The summed E-state index contributed by atoms with van der Waals surface area (Å²) in [5.41, 5.74) is 3.35. The van der Waals surface area contributed by atoms with E-state index in [2.05, 4.69) is 59.1 Å². The Labute approximate surface area is 121 Å². The zero-order valence-electron chi connectivity index (χ0n) is 11.1. The fourth-order valence-electron chi connectivity index (χ4n) is 1.91. The molecule has 0 fully saturated rings. The van der Waals surface area contributed by atoms with E-state index in [-0.39, 0.29) is 0 Å². The summed E-state index contributed by atoms with van der Waals surface area (Å²) in [4.78, 5) is 1.31. The van der Waals surface area contributed by atoms with Crippen molar-refractivity contribution in [2.45, 2.75) is 30.9 Å². The van der Waals surface area contributed by atoms with Gasteiger partial charge in [0.05, 0.1) is 15.9 Å². The minimum absolute atomic E-state index is 0.613. The molecule has 0 aliphatic heterocycles. The number of halogens is 1. The molecule has 18 heavy (non-hydrogen) atoms. The summed E-state index contributed by atoms with van der Waals surface area (Å²) >= 11 is 5.49. The molecule has 0 aliphatic rings. The number of thioether (sulfide) groups is 1. The summed E-state index contributed by atoms with van der Waals surface area (Å²) in [5.74, 6) is 0. The Morgan fingerprint density at radius 3 is 2.28 bits per heavy atom. The van der Waals surface area contributed by atoms with Crippen molar-refractivity contribution in [2.75, 3.05) is 0 Å². The first-order chi connectivity index (χ1) is 8.49. The Bertz CT molecular complexity index is 544. The molecule has 96 valence electrons. The van der Waals surface area contributed by atoms with Crippen LogP contribution in [0.3, 0.4) is 0 Å². The molecule has 2 rings (SSSR count). The fourth-order valence-corrected chi connectivity index (χ4v) is 3.31. The largest absolute Gasteiger partial charge is 0.266 e. The molecule has 0 atom stereocenters. The van der Waals surface area contributed by atoms with E-state index >= 15 is 0 Å². The lowest BCUT2D eigenvalue weighted by Gasteiger charge is -2.07. The lowest BCUT2D eigenvalue weighted by molar-refractivity contribution is 0.764. The van der Waals surface area contributed by atoms with Crippen molar-refractivity contribution in [1.82, 2.24) is 9.78 Å². The van der Waals surface area contributed by atoms with Crippen molar-refractivity contribution < 1.29 is 0 Å². The standard InChI is InChI=1S/C14H17BrN2S/c1-9(2)18-12-7-5-11(6-8-12)14-13(15)10(3)16-17(14)4/h5-9H,1-4H3. The highest BCUT2D eigenvalue weighted by Crippen LogP contribution is 2.32. The Morgan fingerprint density at radius 1 is 1.22 bits per heavy atom. The van der Waals surface area contributed by atoms with Gasteiger partial charge >= 0.3 is 0 Å². The molecular weight excluding hydrogens is 308 g/mol. The molecule has 1 heterocycles. The third-order valence-electron chi connectivity index (χ3n) is 2.65. The third kappa shape index (κ3) is 2.81. The van der Waals surface area contributed by atoms with Crippen LogP contribution in [-0.4, -0.2) is 15.0 Å². The number of hydrogen-bond donors (Lipinski definition) is 0. The molecular formula is C14H17BrN2S. The summed E-state index contributed by atoms with van der Waals surface area (Å²) < 4.78 is 3.00. The van der Waals surface area contributed by atoms with E-state index in [1.165, 1.54) is 10.5 Å². The number of hydrogen-bond acceptors (Lipinski definition) is 2. The van der Waals surface area contributed by atoms with Gasteiger partial charge in [0.1, 0.15) is 0 Å². The van der Waals surface area contributed by atoms with Crippen molar-refractivity contribution in [3.63, 3.8) is 0 Å². The number of aromatic nitrogens is 2. The smallest absolute Gasteiger partial charge is 0.0824 e. The van der Waals surface area contributed by atoms with E-state index in [4.69, 9.17) is 0 Å². The molecule has 0 spiro atoms. The quantitative estimate of drug-likeness (QED) is 0.764. The van der Waals surface area contributed by atoms with Crippen molar-refractivity contribution in [3.8, 4) is 11.3 Å². The highest BCUT2D eigenvalue weighted by Gasteiger charge is 2.12.